The van der Waals surface area contributed by atoms with E-state index in [0.29, 0.717) is 12.8 Å². The Morgan fingerprint density at radius 3 is 2.83 bits per heavy atom. The topological polar surface area (TPSA) is 75.1 Å². The van der Waals surface area contributed by atoms with E-state index in [9.17, 15) is 9.90 Å². The molecule has 1 heterocycles. The van der Waals surface area contributed by atoms with E-state index in [1.165, 1.54) is 12.3 Å². The highest BCUT2D eigenvalue weighted by Crippen LogP contribution is 2.27. The van der Waals surface area contributed by atoms with Gasteiger partial charge in [-0.1, -0.05) is 0 Å². The first-order chi connectivity index (χ1) is 8.46. The molecule has 2 rings (SSSR count). The SMILES string of the molecule is CC1(O)CCC(NC(=O)c2ccnc(Cl)n2)CC1. The lowest BCUT2D eigenvalue weighted by molar-refractivity contribution is 0.0140. The maximum absolute atomic E-state index is 11.9. The number of rotatable bonds is 2. The van der Waals surface area contributed by atoms with Crippen molar-refractivity contribution in [2.24, 2.45) is 0 Å². The first-order valence-corrected chi connectivity index (χ1v) is 6.36. The number of nitrogens with zero attached hydrogens (tertiary/aromatic N) is 2. The zero-order chi connectivity index (χ0) is 13.2. The number of hydrogen-bond donors (Lipinski definition) is 2. The van der Waals surface area contributed by atoms with E-state index >= 15 is 0 Å². The van der Waals surface area contributed by atoms with Gasteiger partial charge in [0.25, 0.3) is 5.91 Å². The molecule has 98 valence electrons. The highest BCUT2D eigenvalue weighted by molar-refractivity contribution is 6.28. The van der Waals surface area contributed by atoms with Crippen molar-refractivity contribution in [2.45, 2.75) is 44.2 Å². The van der Waals surface area contributed by atoms with Crippen molar-refractivity contribution >= 4 is 17.5 Å². The van der Waals surface area contributed by atoms with Gasteiger partial charge < -0.3 is 10.4 Å². The van der Waals surface area contributed by atoms with Gasteiger partial charge in [0.15, 0.2) is 0 Å². The van der Waals surface area contributed by atoms with Crippen LogP contribution in [0, 0.1) is 0 Å². The van der Waals surface area contributed by atoms with E-state index in [1.807, 2.05) is 6.92 Å². The molecule has 0 spiro atoms. The van der Waals surface area contributed by atoms with Crippen LogP contribution in [0.15, 0.2) is 12.3 Å². The van der Waals surface area contributed by atoms with Gasteiger partial charge in [0.05, 0.1) is 5.60 Å². The molecular weight excluding hydrogens is 254 g/mol. The highest BCUT2D eigenvalue weighted by atomic mass is 35.5. The minimum absolute atomic E-state index is 0.0641. The fourth-order valence-electron chi connectivity index (χ4n) is 2.10. The number of aliphatic hydroxyl groups is 1. The Labute approximate surface area is 111 Å². The van der Waals surface area contributed by atoms with E-state index in [-0.39, 0.29) is 22.9 Å². The maximum Gasteiger partial charge on any atom is 0.270 e. The fourth-order valence-corrected chi connectivity index (χ4v) is 2.25. The first kappa shape index (κ1) is 13.2. The molecule has 0 aromatic carbocycles. The normalized spacial score (nSPS) is 27.8. The minimum Gasteiger partial charge on any atom is -0.390 e. The Bertz CT molecular complexity index is 441. The summed E-state index contributed by atoms with van der Waals surface area (Å²) >= 11 is 5.63. The lowest BCUT2D eigenvalue weighted by atomic mass is 9.83. The predicted octanol–water partition coefficient (Wildman–Crippen LogP) is 1.55. The summed E-state index contributed by atoms with van der Waals surface area (Å²) in [5, 5.41) is 12.8. The lowest BCUT2D eigenvalue weighted by Crippen LogP contribution is -2.42. The van der Waals surface area contributed by atoms with Crippen molar-refractivity contribution in [1.29, 1.82) is 0 Å². The molecule has 0 saturated heterocycles. The third kappa shape index (κ3) is 3.40. The molecule has 1 amide bonds. The van der Waals surface area contributed by atoms with E-state index < -0.39 is 5.60 Å². The molecule has 18 heavy (non-hydrogen) atoms. The molecule has 1 aliphatic carbocycles. The second-order valence-electron chi connectivity index (χ2n) is 4.96. The number of nitrogens with one attached hydrogen (secondary N) is 1. The van der Waals surface area contributed by atoms with Crippen molar-refractivity contribution in [3.05, 3.63) is 23.2 Å². The van der Waals surface area contributed by atoms with Crippen LogP contribution in [0.5, 0.6) is 0 Å². The van der Waals surface area contributed by atoms with E-state index in [0.717, 1.165) is 12.8 Å². The molecule has 2 N–H and O–H groups in total. The molecule has 0 unspecified atom stereocenters. The molecule has 1 aromatic heterocycles. The highest BCUT2D eigenvalue weighted by Gasteiger charge is 2.29. The summed E-state index contributed by atoms with van der Waals surface area (Å²) < 4.78 is 0. The average Bonchev–Trinajstić information content (AvgIpc) is 2.32. The quantitative estimate of drug-likeness (QED) is 0.799. The molecular formula is C12H16ClN3O2. The Morgan fingerprint density at radius 1 is 1.56 bits per heavy atom. The average molecular weight is 270 g/mol. The molecule has 6 heteroatoms. The van der Waals surface area contributed by atoms with Gasteiger partial charge in [0, 0.05) is 12.2 Å². The summed E-state index contributed by atoms with van der Waals surface area (Å²) in [5.74, 6) is -0.245. The third-order valence-corrected chi connectivity index (χ3v) is 3.44. The second kappa shape index (κ2) is 5.20. The van der Waals surface area contributed by atoms with Crippen LogP contribution in [-0.4, -0.2) is 32.6 Å². The van der Waals surface area contributed by atoms with Crippen molar-refractivity contribution in [1.82, 2.24) is 15.3 Å². The van der Waals surface area contributed by atoms with Crippen LogP contribution in [0.25, 0.3) is 0 Å². The van der Waals surface area contributed by atoms with E-state index in [2.05, 4.69) is 15.3 Å². The maximum atomic E-state index is 11.9. The van der Waals surface area contributed by atoms with Gasteiger partial charge in [-0.3, -0.25) is 4.79 Å². The third-order valence-electron chi connectivity index (χ3n) is 3.26. The summed E-state index contributed by atoms with van der Waals surface area (Å²) in [6.07, 6.45) is 4.40. The number of carbonyl (C=O) groups is 1. The molecule has 1 aromatic rings. The number of halogens is 1. The molecule has 5 nitrogen and oxygen atoms in total. The fraction of sp³-hybridized carbons (Fsp3) is 0.583. The zero-order valence-electron chi connectivity index (χ0n) is 10.2. The monoisotopic (exact) mass is 269 g/mol. The van der Waals surface area contributed by atoms with E-state index in [1.54, 1.807) is 0 Å². The number of hydrogen-bond acceptors (Lipinski definition) is 4. The lowest BCUT2D eigenvalue weighted by Gasteiger charge is -2.33. The number of aromatic nitrogens is 2. The predicted molar refractivity (Wildman–Crippen MR) is 67.4 cm³/mol. The molecule has 1 aliphatic rings. The summed E-state index contributed by atoms with van der Waals surface area (Å²) in [7, 11) is 0. The molecule has 1 fully saturated rings. The van der Waals surface area contributed by atoms with Gasteiger partial charge in [0.2, 0.25) is 5.28 Å². The van der Waals surface area contributed by atoms with Gasteiger partial charge >= 0.3 is 0 Å². The molecule has 0 radical (unpaired) electrons. The van der Waals surface area contributed by atoms with Crippen LogP contribution in [0.4, 0.5) is 0 Å². The van der Waals surface area contributed by atoms with Gasteiger partial charge in [-0.25, -0.2) is 9.97 Å². The van der Waals surface area contributed by atoms with Crippen LogP contribution >= 0.6 is 11.6 Å². The molecule has 1 saturated carbocycles. The van der Waals surface area contributed by atoms with Crippen LogP contribution in [0.2, 0.25) is 5.28 Å². The summed E-state index contributed by atoms with van der Waals surface area (Å²) in [6.45, 7) is 1.83. The van der Waals surface area contributed by atoms with Crippen molar-refractivity contribution < 1.29 is 9.90 Å². The van der Waals surface area contributed by atoms with Crippen LogP contribution < -0.4 is 5.32 Å². The van der Waals surface area contributed by atoms with Crippen LogP contribution in [0.3, 0.4) is 0 Å². The Morgan fingerprint density at radius 2 is 2.22 bits per heavy atom. The molecule has 0 atom stereocenters. The smallest absolute Gasteiger partial charge is 0.270 e. The summed E-state index contributed by atoms with van der Waals surface area (Å²) in [4.78, 5) is 19.5. The van der Waals surface area contributed by atoms with Gasteiger partial charge in [-0.15, -0.1) is 0 Å². The number of carbonyl (C=O) groups excluding carboxylic acids is 1. The Balaban J connectivity index is 1.93. The number of amides is 1. The molecule has 0 aliphatic heterocycles. The van der Waals surface area contributed by atoms with Crippen molar-refractivity contribution in [3.63, 3.8) is 0 Å². The van der Waals surface area contributed by atoms with Crippen LogP contribution in [-0.2, 0) is 0 Å². The zero-order valence-corrected chi connectivity index (χ0v) is 10.9. The van der Waals surface area contributed by atoms with Crippen molar-refractivity contribution in [3.8, 4) is 0 Å². The van der Waals surface area contributed by atoms with Gasteiger partial charge in [-0.05, 0) is 50.3 Å². The minimum atomic E-state index is -0.598. The van der Waals surface area contributed by atoms with Gasteiger partial charge in [0.1, 0.15) is 5.69 Å². The largest absolute Gasteiger partial charge is 0.390 e. The van der Waals surface area contributed by atoms with Gasteiger partial charge in [-0.2, -0.15) is 0 Å². The summed E-state index contributed by atoms with van der Waals surface area (Å²) in [5.41, 5.74) is -0.327. The Hall–Kier alpha value is -1.20. The molecule has 0 bridgehead atoms. The van der Waals surface area contributed by atoms with E-state index in [4.69, 9.17) is 11.6 Å². The second-order valence-corrected chi connectivity index (χ2v) is 5.29. The van der Waals surface area contributed by atoms with Crippen molar-refractivity contribution in [2.75, 3.05) is 0 Å². The van der Waals surface area contributed by atoms with Crippen LogP contribution in [0.1, 0.15) is 43.1 Å². The standard InChI is InChI=1S/C12H16ClN3O2/c1-12(18)5-2-8(3-6-12)15-10(17)9-4-7-14-11(13)16-9/h4,7-8,18H,2-3,5-6H2,1H3,(H,15,17). The summed E-state index contributed by atoms with van der Waals surface area (Å²) in [6, 6.07) is 1.62. The first-order valence-electron chi connectivity index (χ1n) is 5.98. The Kier molecular flexibility index (Phi) is 3.82.